The minimum atomic E-state index is -4.53. The van der Waals surface area contributed by atoms with Gasteiger partial charge in [-0.1, -0.05) is 12.1 Å². The summed E-state index contributed by atoms with van der Waals surface area (Å²) in [6.45, 7) is 1.91. The number of amides is 1. The Kier molecular flexibility index (Phi) is 5.57. The van der Waals surface area contributed by atoms with E-state index in [1.54, 1.807) is 34.1 Å². The Labute approximate surface area is 174 Å². The van der Waals surface area contributed by atoms with Gasteiger partial charge in [0.2, 0.25) is 5.91 Å². The van der Waals surface area contributed by atoms with Crippen LogP contribution in [0, 0.1) is 0 Å². The third-order valence-electron chi connectivity index (χ3n) is 5.20. The van der Waals surface area contributed by atoms with E-state index < -0.39 is 11.9 Å². The molecule has 162 valence electrons. The molecule has 1 amide bonds. The molecular weight excluding hydrogens is 413 g/mol. The number of piperazine rings is 1. The average molecular weight is 432 g/mol. The Morgan fingerprint density at radius 1 is 1.00 bits per heavy atom. The molecule has 4 rings (SSSR count). The summed E-state index contributed by atoms with van der Waals surface area (Å²) in [4.78, 5) is 32.8. The highest BCUT2D eigenvalue weighted by molar-refractivity contribution is 5.77. The van der Waals surface area contributed by atoms with E-state index in [0.29, 0.717) is 42.9 Å². The number of aryl methyl sites for hydroxylation is 1. The number of nitrogens with zero attached hydrogens (tertiary/aromatic N) is 6. The summed E-state index contributed by atoms with van der Waals surface area (Å²) in [6.07, 6.45) is -2.93. The maximum Gasteiger partial charge on any atom is 0.435 e. The van der Waals surface area contributed by atoms with Gasteiger partial charge >= 0.3 is 6.18 Å². The highest BCUT2D eigenvalue weighted by Gasteiger charge is 2.33. The highest BCUT2D eigenvalue weighted by atomic mass is 19.4. The molecule has 0 spiro atoms. The van der Waals surface area contributed by atoms with E-state index in [1.807, 2.05) is 0 Å². The average Bonchev–Trinajstić information content (AvgIpc) is 2.78. The summed E-state index contributed by atoms with van der Waals surface area (Å²) in [5, 5.41) is 7.40. The first-order valence-corrected chi connectivity index (χ1v) is 9.71. The Morgan fingerprint density at radius 2 is 1.74 bits per heavy atom. The van der Waals surface area contributed by atoms with E-state index in [0.717, 1.165) is 6.07 Å². The molecule has 1 aliphatic rings. The lowest BCUT2D eigenvalue weighted by Gasteiger charge is -2.35. The molecular formula is C20H19F3N6O2. The second-order valence-electron chi connectivity index (χ2n) is 7.15. The van der Waals surface area contributed by atoms with Crippen LogP contribution in [-0.2, 0) is 17.5 Å². The Bertz CT molecular complexity index is 1140. The number of alkyl halides is 3. The molecule has 2 aromatic heterocycles. The van der Waals surface area contributed by atoms with Gasteiger partial charge in [-0.15, -0.1) is 10.2 Å². The van der Waals surface area contributed by atoms with Crippen molar-refractivity contribution in [3.8, 4) is 0 Å². The van der Waals surface area contributed by atoms with E-state index in [9.17, 15) is 22.8 Å². The molecule has 0 saturated carbocycles. The van der Waals surface area contributed by atoms with Crippen LogP contribution in [0.2, 0.25) is 0 Å². The van der Waals surface area contributed by atoms with Crippen molar-refractivity contribution in [1.82, 2.24) is 24.6 Å². The Balaban J connectivity index is 1.32. The van der Waals surface area contributed by atoms with Crippen molar-refractivity contribution >= 4 is 22.6 Å². The van der Waals surface area contributed by atoms with Crippen LogP contribution in [0.4, 0.5) is 19.0 Å². The first-order valence-electron chi connectivity index (χ1n) is 9.71. The minimum Gasteiger partial charge on any atom is -0.352 e. The number of hydrogen-bond acceptors (Lipinski definition) is 6. The molecule has 11 heteroatoms. The van der Waals surface area contributed by atoms with Crippen LogP contribution < -0.4 is 10.5 Å². The van der Waals surface area contributed by atoms with Crippen LogP contribution in [0.3, 0.4) is 0 Å². The van der Waals surface area contributed by atoms with Gasteiger partial charge in [0.1, 0.15) is 0 Å². The Morgan fingerprint density at radius 3 is 2.42 bits per heavy atom. The smallest absolute Gasteiger partial charge is 0.352 e. The van der Waals surface area contributed by atoms with Gasteiger partial charge < -0.3 is 9.80 Å². The minimum absolute atomic E-state index is 0.0989. The number of para-hydroxylation sites is 1. The van der Waals surface area contributed by atoms with Crippen molar-refractivity contribution in [3.63, 3.8) is 0 Å². The van der Waals surface area contributed by atoms with Gasteiger partial charge in [0.25, 0.3) is 5.56 Å². The fourth-order valence-electron chi connectivity index (χ4n) is 3.47. The molecule has 0 unspecified atom stereocenters. The maximum atomic E-state index is 12.6. The third-order valence-corrected chi connectivity index (χ3v) is 5.20. The lowest BCUT2D eigenvalue weighted by Crippen LogP contribution is -2.49. The zero-order chi connectivity index (χ0) is 22.0. The second kappa shape index (κ2) is 8.32. The summed E-state index contributed by atoms with van der Waals surface area (Å²) in [5.74, 6) is 0.243. The highest BCUT2D eigenvalue weighted by Crippen LogP contribution is 2.27. The largest absolute Gasteiger partial charge is 0.435 e. The van der Waals surface area contributed by atoms with Gasteiger partial charge in [-0.3, -0.25) is 14.2 Å². The molecule has 8 nitrogen and oxygen atoms in total. The number of carbonyl (C=O) groups excluding carboxylic acids is 1. The molecule has 1 aliphatic heterocycles. The summed E-state index contributed by atoms with van der Waals surface area (Å²) >= 11 is 0. The summed E-state index contributed by atoms with van der Waals surface area (Å²) < 4.78 is 39.3. The van der Waals surface area contributed by atoms with Gasteiger partial charge in [-0.2, -0.15) is 13.2 Å². The normalized spacial score (nSPS) is 14.8. The van der Waals surface area contributed by atoms with Crippen molar-refractivity contribution in [1.29, 1.82) is 0 Å². The van der Waals surface area contributed by atoms with Crippen LogP contribution in [0.15, 0.2) is 47.5 Å². The number of halogens is 3. The van der Waals surface area contributed by atoms with E-state index >= 15 is 0 Å². The number of aromatic nitrogens is 4. The van der Waals surface area contributed by atoms with Gasteiger partial charge in [0.05, 0.1) is 17.2 Å². The van der Waals surface area contributed by atoms with Crippen LogP contribution >= 0.6 is 0 Å². The molecule has 3 heterocycles. The van der Waals surface area contributed by atoms with Crippen LogP contribution in [0.25, 0.3) is 10.9 Å². The first kappa shape index (κ1) is 20.8. The number of benzene rings is 1. The van der Waals surface area contributed by atoms with Crippen LogP contribution in [0.5, 0.6) is 0 Å². The van der Waals surface area contributed by atoms with Crippen LogP contribution in [0.1, 0.15) is 12.1 Å². The number of fused-ring (bicyclic) bond motifs is 1. The van der Waals surface area contributed by atoms with Crippen molar-refractivity contribution in [2.75, 3.05) is 31.1 Å². The molecule has 0 radical (unpaired) electrons. The van der Waals surface area contributed by atoms with E-state index in [-0.39, 0.29) is 24.4 Å². The number of rotatable bonds is 4. The maximum absolute atomic E-state index is 12.6. The molecule has 3 aromatic rings. The first-order chi connectivity index (χ1) is 14.8. The van der Waals surface area contributed by atoms with Crippen LogP contribution in [-0.4, -0.2) is 56.7 Å². The van der Waals surface area contributed by atoms with Crippen molar-refractivity contribution in [2.24, 2.45) is 0 Å². The van der Waals surface area contributed by atoms with Gasteiger partial charge in [-0.25, -0.2) is 4.98 Å². The van der Waals surface area contributed by atoms with E-state index in [1.165, 1.54) is 17.0 Å². The molecule has 31 heavy (non-hydrogen) atoms. The van der Waals surface area contributed by atoms with Crippen molar-refractivity contribution in [2.45, 2.75) is 19.1 Å². The summed E-state index contributed by atoms with van der Waals surface area (Å²) in [7, 11) is 0. The molecule has 0 atom stereocenters. The summed E-state index contributed by atoms with van der Waals surface area (Å²) in [5.41, 5.74) is -0.620. The molecule has 0 aliphatic carbocycles. The SMILES string of the molecule is O=C(CCn1cnc2ccccc2c1=O)N1CCN(c2ccc(C(F)(F)F)nn2)CC1. The fraction of sp³-hybridized carbons (Fsp3) is 0.350. The third kappa shape index (κ3) is 4.49. The van der Waals surface area contributed by atoms with Gasteiger partial charge in [0.15, 0.2) is 11.5 Å². The molecule has 1 saturated heterocycles. The monoisotopic (exact) mass is 432 g/mol. The second-order valence-corrected chi connectivity index (χ2v) is 7.15. The van der Waals surface area contributed by atoms with E-state index in [4.69, 9.17) is 0 Å². The lowest BCUT2D eigenvalue weighted by atomic mass is 10.2. The molecule has 0 bridgehead atoms. The van der Waals surface area contributed by atoms with E-state index in [2.05, 4.69) is 15.2 Å². The Hall–Kier alpha value is -3.50. The quantitative estimate of drug-likeness (QED) is 0.627. The van der Waals surface area contributed by atoms with Gasteiger partial charge in [0, 0.05) is 39.1 Å². The zero-order valence-electron chi connectivity index (χ0n) is 16.4. The predicted octanol–water partition coefficient (Wildman–Crippen LogP) is 1.94. The zero-order valence-corrected chi connectivity index (χ0v) is 16.4. The number of carbonyl (C=O) groups is 1. The fourth-order valence-corrected chi connectivity index (χ4v) is 3.47. The molecule has 1 fully saturated rings. The summed E-state index contributed by atoms with van der Waals surface area (Å²) in [6, 6.07) is 9.21. The molecule has 1 aromatic carbocycles. The lowest BCUT2D eigenvalue weighted by molar-refractivity contribution is -0.141. The standard InChI is InChI=1S/C20H19F3N6O2/c21-20(22,23)16-5-6-17(26-25-16)27-9-11-28(12-10-27)18(30)7-8-29-13-24-15-4-2-1-3-14(15)19(29)31/h1-6,13H,7-12H2. The van der Waals surface area contributed by atoms with Crippen molar-refractivity contribution in [3.05, 3.63) is 58.8 Å². The topological polar surface area (TPSA) is 84.2 Å². The number of anilines is 1. The van der Waals surface area contributed by atoms with Crippen molar-refractivity contribution < 1.29 is 18.0 Å². The molecule has 0 N–H and O–H groups in total. The predicted molar refractivity (Wildman–Crippen MR) is 106 cm³/mol. The number of hydrogen-bond donors (Lipinski definition) is 0. The van der Waals surface area contributed by atoms with Gasteiger partial charge in [-0.05, 0) is 24.3 Å².